The van der Waals surface area contributed by atoms with Gasteiger partial charge in [-0.1, -0.05) is 23.8 Å². The average molecular weight is 194 g/mol. The fourth-order valence-electron chi connectivity index (χ4n) is 1.98. The van der Waals surface area contributed by atoms with Crippen LogP contribution in [0, 0.1) is 11.8 Å². The highest BCUT2D eigenvalue weighted by molar-refractivity contribution is 5.67. The summed E-state index contributed by atoms with van der Waals surface area (Å²) in [5, 5.41) is 8.76. The second-order valence-corrected chi connectivity index (χ2v) is 4.26. The molecule has 0 aromatic carbocycles. The van der Waals surface area contributed by atoms with Crippen molar-refractivity contribution in [2.45, 2.75) is 33.1 Å². The lowest BCUT2D eigenvalue weighted by Gasteiger charge is -2.27. The van der Waals surface area contributed by atoms with Crippen molar-refractivity contribution in [2.75, 3.05) is 0 Å². The van der Waals surface area contributed by atoms with Gasteiger partial charge in [-0.3, -0.25) is 4.79 Å². The molecule has 0 aliphatic heterocycles. The van der Waals surface area contributed by atoms with Gasteiger partial charge in [0.15, 0.2) is 0 Å². The van der Waals surface area contributed by atoms with Crippen LogP contribution in [0.5, 0.6) is 0 Å². The van der Waals surface area contributed by atoms with E-state index in [0.717, 1.165) is 12.8 Å². The quantitative estimate of drug-likeness (QED) is 0.701. The van der Waals surface area contributed by atoms with E-state index in [2.05, 4.69) is 12.7 Å². The summed E-state index contributed by atoms with van der Waals surface area (Å²) in [6.45, 7) is 8.00. The third-order valence-electron chi connectivity index (χ3n) is 3.06. The second kappa shape index (κ2) is 4.45. The Balaban J connectivity index is 2.66. The molecule has 0 aromatic rings. The van der Waals surface area contributed by atoms with Crippen LogP contribution in [-0.4, -0.2) is 11.1 Å². The van der Waals surface area contributed by atoms with E-state index in [0.29, 0.717) is 5.92 Å². The molecule has 2 heteroatoms. The molecule has 14 heavy (non-hydrogen) atoms. The normalized spacial score (nSPS) is 26.9. The number of hydrogen-bond donors (Lipinski definition) is 1. The Hall–Kier alpha value is -1.05. The van der Waals surface area contributed by atoms with Crippen molar-refractivity contribution in [2.24, 2.45) is 11.8 Å². The first kappa shape index (κ1) is 11.0. The minimum atomic E-state index is -0.704. The van der Waals surface area contributed by atoms with E-state index in [1.165, 1.54) is 11.1 Å². The minimum Gasteiger partial charge on any atom is -0.481 e. The zero-order valence-corrected chi connectivity index (χ0v) is 8.92. The monoisotopic (exact) mass is 194 g/mol. The highest BCUT2D eigenvalue weighted by Crippen LogP contribution is 2.34. The fraction of sp³-hybridized carbons (Fsp3) is 0.583. The van der Waals surface area contributed by atoms with Crippen LogP contribution in [0.25, 0.3) is 0 Å². The standard InChI is InChI=1S/C12H18O2/c1-8(2)10-5-4-9(3)11(6-10)7-12(13)14/h4,10-11H,1,5-7H2,2-3H3,(H,13,14). The second-order valence-electron chi connectivity index (χ2n) is 4.26. The van der Waals surface area contributed by atoms with Crippen molar-refractivity contribution >= 4 is 5.97 Å². The van der Waals surface area contributed by atoms with Crippen molar-refractivity contribution in [1.29, 1.82) is 0 Å². The number of carbonyl (C=O) groups is 1. The molecule has 1 aliphatic rings. The molecule has 2 unspecified atom stereocenters. The summed E-state index contributed by atoms with van der Waals surface area (Å²) in [5.41, 5.74) is 2.40. The number of rotatable bonds is 3. The summed E-state index contributed by atoms with van der Waals surface area (Å²) in [4.78, 5) is 10.6. The van der Waals surface area contributed by atoms with Crippen LogP contribution >= 0.6 is 0 Å². The van der Waals surface area contributed by atoms with Crippen molar-refractivity contribution < 1.29 is 9.90 Å². The Bertz CT molecular complexity index is 276. The van der Waals surface area contributed by atoms with Gasteiger partial charge in [0.2, 0.25) is 0 Å². The van der Waals surface area contributed by atoms with E-state index < -0.39 is 5.97 Å². The number of allylic oxidation sites excluding steroid dienone is 3. The zero-order valence-electron chi connectivity index (χ0n) is 8.92. The maximum absolute atomic E-state index is 10.6. The predicted octanol–water partition coefficient (Wildman–Crippen LogP) is 3.01. The Labute approximate surface area is 85.3 Å². The van der Waals surface area contributed by atoms with Crippen molar-refractivity contribution in [3.63, 3.8) is 0 Å². The van der Waals surface area contributed by atoms with E-state index >= 15 is 0 Å². The lowest BCUT2D eigenvalue weighted by atomic mass is 9.77. The molecule has 0 radical (unpaired) electrons. The predicted molar refractivity (Wildman–Crippen MR) is 57.0 cm³/mol. The molecule has 0 bridgehead atoms. The zero-order chi connectivity index (χ0) is 10.7. The Morgan fingerprint density at radius 3 is 2.86 bits per heavy atom. The van der Waals surface area contributed by atoms with E-state index in [4.69, 9.17) is 5.11 Å². The third-order valence-corrected chi connectivity index (χ3v) is 3.06. The molecule has 78 valence electrons. The Morgan fingerprint density at radius 2 is 2.36 bits per heavy atom. The largest absolute Gasteiger partial charge is 0.481 e. The van der Waals surface area contributed by atoms with Gasteiger partial charge in [-0.15, -0.1) is 0 Å². The van der Waals surface area contributed by atoms with E-state index in [-0.39, 0.29) is 12.3 Å². The van der Waals surface area contributed by atoms with Crippen LogP contribution in [0.3, 0.4) is 0 Å². The molecular weight excluding hydrogens is 176 g/mol. The number of aliphatic carboxylic acids is 1. The van der Waals surface area contributed by atoms with Crippen molar-refractivity contribution in [1.82, 2.24) is 0 Å². The highest BCUT2D eigenvalue weighted by atomic mass is 16.4. The van der Waals surface area contributed by atoms with Crippen LogP contribution in [0.15, 0.2) is 23.8 Å². The van der Waals surface area contributed by atoms with Crippen LogP contribution in [0.1, 0.15) is 33.1 Å². The molecule has 2 atom stereocenters. The summed E-state index contributed by atoms with van der Waals surface area (Å²) in [6.07, 6.45) is 4.39. The topological polar surface area (TPSA) is 37.3 Å². The molecule has 1 aliphatic carbocycles. The number of hydrogen-bond acceptors (Lipinski definition) is 1. The summed E-state index contributed by atoms with van der Waals surface area (Å²) < 4.78 is 0. The smallest absolute Gasteiger partial charge is 0.303 e. The SMILES string of the molecule is C=C(C)C1CC=C(C)C(CC(=O)O)C1. The minimum absolute atomic E-state index is 0.211. The van der Waals surface area contributed by atoms with Crippen LogP contribution < -0.4 is 0 Å². The molecule has 0 aromatic heterocycles. The van der Waals surface area contributed by atoms with Gasteiger partial charge in [-0.25, -0.2) is 0 Å². The first-order valence-electron chi connectivity index (χ1n) is 5.04. The van der Waals surface area contributed by atoms with Gasteiger partial charge < -0.3 is 5.11 Å². The summed E-state index contributed by atoms with van der Waals surface area (Å²) >= 11 is 0. The summed E-state index contributed by atoms with van der Waals surface area (Å²) in [6, 6.07) is 0. The molecule has 0 heterocycles. The van der Waals surface area contributed by atoms with Crippen LogP contribution in [0.4, 0.5) is 0 Å². The Morgan fingerprint density at radius 1 is 1.71 bits per heavy atom. The van der Waals surface area contributed by atoms with Crippen LogP contribution in [0.2, 0.25) is 0 Å². The number of carboxylic acids is 1. The first-order chi connectivity index (χ1) is 6.50. The lowest BCUT2D eigenvalue weighted by molar-refractivity contribution is -0.137. The van der Waals surface area contributed by atoms with Gasteiger partial charge in [0.1, 0.15) is 0 Å². The molecule has 2 nitrogen and oxygen atoms in total. The van der Waals surface area contributed by atoms with Gasteiger partial charge in [-0.05, 0) is 38.5 Å². The first-order valence-corrected chi connectivity index (χ1v) is 5.04. The Kier molecular flexibility index (Phi) is 3.50. The summed E-state index contributed by atoms with van der Waals surface area (Å²) in [7, 11) is 0. The molecule has 1 rings (SSSR count). The third kappa shape index (κ3) is 2.72. The van der Waals surface area contributed by atoms with Crippen LogP contribution in [-0.2, 0) is 4.79 Å². The van der Waals surface area contributed by atoms with E-state index in [1.54, 1.807) is 0 Å². The van der Waals surface area contributed by atoms with Gasteiger partial charge >= 0.3 is 5.97 Å². The van der Waals surface area contributed by atoms with Crippen molar-refractivity contribution in [3.05, 3.63) is 23.8 Å². The van der Waals surface area contributed by atoms with E-state index in [1.807, 2.05) is 13.8 Å². The highest BCUT2D eigenvalue weighted by Gasteiger charge is 2.24. The molecule has 1 N–H and O–H groups in total. The van der Waals surface area contributed by atoms with Gasteiger partial charge in [0.25, 0.3) is 0 Å². The molecule has 0 saturated heterocycles. The molecule has 0 amide bonds. The van der Waals surface area contributed by atoms with Gasteiger partial charge in [0.05, 0.1) is 6.42 Å². The molecule has 0 saturated carbocycles. The molecular formula is C12H18O2. The maximum atomic E-state index is 10.6. The average Bonchev–Trinajstić information content (AvgIpc) is 2.07. The fourth-order valence-corrected chi connectivity index (χ4v) is 1.98. The van der Waals surface area contributed by atoms with E-state index in [9.17, 15) is 4.79 Å². The maximum Gasteiger partial charge on any atom is 0.303 e. The molecule has 0 spiro atoms. The molecule has 0 fully saturated rings. The lowest BCUT2D eigenvalue weighted by Crippen LogP contribution is -2.18. The summed E-state index contributed by atoms with van der Waals surface area (Å²) in [5.74, 6) is -0.0175. The number of carboxylic acid groups (broad SMARTS) is 1. The van der Waals surface area contributed by atoms with Crippen molar-refractivity contribution in [3.8, 4) is 0 Å². The van der Waals surface area contributed by atoms with Gasteiger partial charge in [0, 0.05) is 0 Å². The van der Waals surface area contributed by atoms with Gasteiger partial charge in [-0.2, -0.15) is 0 Å².